The van der Waals surface area contributed by atoms with E-state index in [4.69, 9.17) is 0 Å². The zero-order valence-corrected chi connectivity index (χ0v) is 14.8. The molecule has 2 N–H and O–H groups in total. The van der Waals surface area contributed by atoms with Crippen molar-refractivity contribution in [1.29, 1.82) is 0 Å². The third-order valence-electron chi connectivity index (χ3n) is 3.75. The van der Waals surface area contributed by atoms with Gasteiger partial charge in [-0.3, -0.25) is 4.79 Å². The van der Waals surface area contributed by atoms with Crippen LogP contribution in [0.5, 0.6) is 0 Å². The molecule has 0 aliphatic carbocycles. The Balaban J connectivity index is 1.69. The van der Waals surface area contributed by atoms with Gasteiger partial charge in [0.2, 0.25) is 5.91 Å². The van der Waals surface area contributed by atoms with E-state index >= 15 is 0 Å². The zero-order chi connectivity index (χ0) is 15.5. The fraction of sp³-hybridized carbons (Fsp3) is 0.375. The van der Waals surface area contributed by atoms with Gasteiger partial charge in [-0.05, 0) is 38.4 Å². The minimum atomic E-state index is 0.0375. The van der Waals surface area contributed by atoms with E-state index in [2.05, 4.69) is 31.5 Å². The van der Waals surface area contributed by atoms with Crippen molar-refractivity contribution in [3.63, 3.8) is 0 Å². The number of amides is 1. The number of carbonyl (C=O) groups excluding carboxylic acids is 1. The highest BCUT2D eigenvalue weighted by Crippen LogP contribution is 2.31. The number of anilines is 1. The van der Waals surface area contributed by atoms with Crippen LogP contribution in [-0.2, 0) is 4.79 Å². The maximum atomic E-state index is 12.1. The lowest BCUT2D eigenvalue weighted by Gasteiger charge is -2.08. The summed E-state index contributed by atoms with van der Waals surface area (Å²) in [5, 5.41) is 6.95. The molecular weight excluding hydrogens is 362 g/mol. The van der Waals surface area contributed by atoms with Gasteiger partial charge in [-0.15, -0.1) is 11.3 Å². The predicted molar refractivity (Wildman–Crippen MR) is 94.3 cm³/mol. The molecule has 1 aliphatic rings. The zero-order valence-electron chi connectivity index (χ0n) is 12.4. The maximum absolute atomic E-state index is 12.1. The molecule has 0 spiro atoms. The number of thiazole rings is 1. The van der Waals surface area contributed by atoms with Crippen LogP contribution in [0.2, 0.25) is 0 Å². The Morgan fingerprint density at radius 2 is 2.23 bits per heavy atom. The number of aromatic nitrogens is 1. The number of benzene rings is 1. The molecule has 1 unspecified atom stereocenters. The van der Waals surface area contributed by atoms with E-state index in [1.54, 1.807) is 0 Å². The van der Waals surface area contributed by atoms with Gasteiger partial charge in [-0.1, -0.05) is 28.1 Å². The molecule has 1 saturated heterocycles. The molecule has 1 aromatic carbocycles. The molecule has 0 bridgehead atoms. The molecular formula is C16H18BrN3OS. The summed E-state index contributed by atoms with van der Waals surface area (Å²) in [5.41, 5.74) is 2.00. The van der Waals surface area contributed by atoms with E-state index < -0.39 is 0 Å². The Kier molecular flexibility index (Phi) is 4.90. The number of nitrogens with zero attached hydrogens (tertiary/aromatic N) is 1. The minimum absolute atomic E-state index is 0.0375. The number of aryl methyl sites for hydroxylation is 1. The second-order valence-electron chi connectivity index (χ2n) is 5.48. The molecule has 1 atom stereocenters. The fourth-order valence-electron chi connectivity index (χ4n) is 2.65. The quantitative estimate of drug-likeness (QED) is 0.844. The second-order valence-corrected chi connectivity index (χ2v) is 7.60. The van der Waals surface area contributed by atoms with E-state index in [1.807, 2.05) is 31.2 Å². The lowest BCUT2D eigenvalue weighted by molar-refractivity contribution is -0.116. The second kappa shape index (κ2) is 6.89. The van der Waals surface area contributed by atoms with Crippen LogP contribution in [0.25, 0.3) is 11.3 Å². The van der Waals surface area contributed by atoms with E-state index in [-0.39, 0.29) is 5.91 Å². The third kappa shape index (κ3) is 3.74. The lowest BCUT2D eigenvalue weighted by atomic mass is 10.1. The van der Waals surface area contributed by atoms with Crippen LogP contribution in [0.15, 0.2) is 28.7 Å². The average molecular weight is 380 g/mol. The van der Waals surface area contributed by atoms with Crippen molar-refractivity contribution in [3.05, 3.63) is 33.6 Å². The van der Waals surface area contributed by atoms with E-state index in [0.29, 0.717) is 17.6 Å². The van der Waals surface area contributed by atoms with E-state index in [0.717, 1.165) is 40.0 Å². The molecule has 3 rings (SSSR count). The number of hydrogen-bond acceptors (Lipinski definition) is 4. The summed E-state index contributed by atoms with van der Waals surface area (Å²) >= 11 is 4.96. The van der Waals surface area contributed by atoms with Gasteiger partial charge in [-0.2, -0.15) is 0 Å². The topological polar surface area (TPSA) is 54.0 Å². The number of hydrogen-bond donors (Lipinski definition) is 2. The normalized spacial score (nSPS) is 17.6. The molecule has 4 nitrogen and oxygen atoms in total. The van der Waals surface area contributed by atoms with Crippen LogP contribution < -0.4 is 10.6 Å². The van der Waals surface area contributed by atoms with Crippen LogP contribution in [0.1, 0.15) is 24.1 Å². The van der Waals surface area contributed by atoms with Crippen molar-refractivity contribution in [2.75, 3.05) is 11.9 Å². The standard InChI is InChI=1S/C16H18BrN3OS/c1-10-15(11-4-6-12(17)7-5-11)20-16(22-10)19-14(21)9-13-3-2-8-18-13/h4-7,13,18H,2-3,8-9H2,1H3,(H,19,20,21). The Morgan fingerprint density at radius 1 is 1.45 bits per heavy atom. The van der Waals surface area contributed by atoms with Gasteiger partial charge in [0.05, 0.1) is 5.69 Å². The molecule has 1 amide bonds. The summed E-state index contributed by atoms with van der Waals surface area (Å²) in [6.07, 6.45) is 2.75. The number of halogens is 1. The Hall–Kier alpha value is -1.24. The van der Waals surface area contributed by atoms with Crippen molar-refractivity contribution >= 4 is 38.3 Å². The highest BCUT2D eigenvalue weighted by molar-refractivity contribution is 9.10. The summed E-state index contributed by atoms with van der Waals surface area (Å²) in [5.74, 6) is 0.0375. The molecule has 116 valence electrons. The van der Waals surface area contributed by atoms with Crippen LogP contribution >= 0.6 is 27.3 Å². The van der Waals surface area contributed by atoms with Crippen molar-refractivity contribution in [2.24, 2.45) is 0 Å². The maximum Gasteiger partial charge on any atom is 0.227 e. The molecule has 6 heteroatoms. The van der Waals surface area contributed by atoms with Crippen LogP contribution in [0.4, 0.5) is 5.13 Å². The largest absolute Gasteiger partial charge is 0.313 e. The third-order valence-corrected chi connectivity index (χ3v) is 5.17. The first-order valence-electron chi connectivity index (χ1n) is 7.38. The summed E-state index contributed by atoms with van der Waals surface area (Å²) < 4.78 is 1.04. The highest BCUT2D eigenvalue weighted by Gasteiger charge is 2.19. The van der Waals surface area contributed by atoms with Gasteiger partial charge in [0.25, 0.3) is 0 Å². The molecule has 2 aromatic rings. The minimum Gasteiger partial charge on any atom is -0.313 e. The highest BCUT2D eigenvalue weighted by atomic mass is 79.9. The van der Waals surface area contributed by atoms with Crippen LogP contribution in [0.3, 0.4) is 0 Å². The SMILES string of the molecule is Cc1sc(NC(=O)CC2CCCN2)nc1-c1ccc(Br)cc1. The smallest absolute Gasteiger partial charge is 0.227 e. The molecule has 22 heavy (non-hydrogen) atoms. The van der Waals surface area contributed by atoms with Gasteiger partial charge in [0.15, 0.2) is 5.13 Å². The van der Waals surface area contributed by atoms with Gasteiger partial charge in [0.1, 0.15) is 0 Å². The monoisotopic (exact) mass is 379 g/mol. The van der Waals surface area contributed by atoms with Gasteiger partial charge >= 0.3 is 0 Å². The van der Waals surface area contributed by atoms with Crippen molar-refractivity contribution in [1.82, 2.24) is 10.3 Å². The fourth-order valence-corrected chi connectivity index (χ4v) is 3.77. The number of carbonyl (C=O) groups is 1. The molecule has 0 radical (unpaired) electrons. The molecule has 1 fully saturated rings. The number of nitrogens with one attached hydrogen (secondary N) is 2. The van der Waals surface area contributed by atoms with Crippen molar-refractivity contribution in [3.8, 4) is 11.3 Å². The summed E-state index contributed by atoms with van der Waals surface area (Å²) in [6.45, 7) is 3.05. The van der Waals surface area contributed by atoms with Crippen LogP contribution in [0, 0.1) is 6.92 Å². The van der Waals surface area contributed by atoms with Gasteiger partial charge < -0.3 is 10.6 Å². The molecule has 2 heterocycles. The average Bonchev–Trinajstić information content (AvgIpc) is 3.10. The van der Waals surface area contributed by atoms with Crippen molar-refractivity contribution in [2.45, 2.75) is 32.2 Å². The Labute approximate surface area is 142 Å². The first-order chi connectivity index (χ1) is 10.6. The Morgan fingerprint density at radius 3 is 2.91 bits per heavy atom. The lowest BCUT2D eigenvalue weighted by Crippen LogP contribution is -2.27. The first kappa shape index (κ1) is 15.6. The van der Waals surface area contributed by atoms with E-state index in [1.165, 1.54) is 11.3 Å². The number of rotatable bonds is 4. The Bertz CT molecular complexity index is 663. The van der Waals surface area contributed by atoms with E-state index in [9.17, 15) is 4.79 Å². The van der Waals surface area contributed by atoms with Gasteiger partial charge in [-0.25, -0.2) is 4.98 Å². The van der Waals surface area contributed by atoms with Crippen LogP contribution in [-0.4, -0.2) is 23.5 Å². The molecule has 1 aromatic heterocycles. The predicted octanol–water partition coefficient (Wildman–Crippen LogP) is 3.96. The summed E-state index contributed by atoms with van der Waals surface area (Å²) in [6, 6.07) is 8.36. The molecule has 1 aliphatic heterocycles. The summed E-state index contributed by atoms with van der Waals surface area (Å²) in [7, 11) is 0. The van der Waals surface area contributed by atoms with Gasteiger partial charge in [0, 0.05) is 27.4 Å². The molecule has 0 saturated carbocycles. The summed E-state index contributed by atoms with van der Waals surface area (Å²) in [4.78, 5) is 17.8. The van der Waals surface area contributed by atoms with Crippen molar-refractivity contribution < 1.29 is 4.79 Å². The first-order valence-corrected chi connectivity index (χ1v) is 8.99.